The SMILES string of the molecule is O=C1Cc2ncc(-c3ccc(F)cc3)cc2N1Cc1ccccn1. The number of nitrogens with zero attached hydrogens (tertiary/aromatic N) is 3. The van der Waals surface area contributed by atoms with Crippen molar-refractivity contribution < 1.29 is 9.18 Å². The summed E-state index contributed by atoms with van der Waals surface area (Å²) in [5.74, 6) is -0.265. The number of fused-ring (bicyclic) bond motifs is 1. The van der Waals surface area contributed by atoms with Gasteiger partial charge in [0.2, 0.25) is 5.91 Å². The van der Waals surface area contributed by atoms with Crippen molar-refractivity contribution in [2.45, 2.75) is 13.0 Å². The molecule has 1 amide bonds. The van der Waals surface area contributed by atoms with Crippen LogP contribution in [0.3, 0.4) is 0 Å². The van der Waals surface area contributed by atoms with Crippen LogP contribution in [0.2, 0.25) is 0 Å². The summed E-state index contributed by atoms with van der Waals surface area (Å²) >= 11 is 0. The van der Waals surface area contributed by atoms with Crippen LogP contribution >= 0.6 is 0 Å². The van der Waals surface area contributed by atoms with Gasteiger partial charge in [-0.3, -0.25) is 14.8 Å². The summed E-state index contributed by atoms with van der Waals surface area (Å²) in [6, 6.07) is 13.8. The minimum atomic E-state index is -0.278. The van der Waals surface area contributed by atoms with Gasteiger partial charge in [-0.05, 0) is 35.9 Å². The molecule has 3 aromatic rings. The predicted molar refractivity (Wildman–Crippen MR) is 88.8 cm³/mol. The quantitative estimate of drug-likeness (QED) is 0.743. The van der Waals surface area contributed by atoms with E-state index in [0.717, 1.165) is 28.2 Å². The predicted octanol–water partition coefficient (Wildman–Crippen LogP) is 3.37. The highest BCUT2D eigenvalue weighted by Crippen LogP contribution is 2.32. The minimum Gasteiger partial charge on any atom is -0.304 e. The van der Waals surface area contributed by atoms with Gasteiger partial charge in [0.05, 0.1) is 30.0 Å². The Morgan fingerprint density at radius 3 is 2.62 bits per heavy atom. The number of halogens is 1. The summed E-state index contributed by atoms with van der Waals surface area (Å²) < 4.78 is 13.1. The zero-order valence-electron chi connectivity index (χ0n) is 12.8. The second-order valence-electron chi connectivity index (χ2n) is 5.67. The first kappa shape index (κ1) is 14.5. The lowest BCUT2D eigenvalue weighted by Gasteiger charge is -2.17. The third kappa shape index (κ3) is 2.65. The third-order valence-corrected chi connectivity index (χ3v) is 4.08. The summed E-state index contributed by atoms with van der Waals surface area (Å²) in [6.45, 7) is 0.418. The molecule has 0 atom stereocenters. The molecule has 0 aliphatic carbocycles. The number of anilines is 1. The van der Waals surface area contributed by atoms with Gasteiger partial charge in [-0.25, -0.2) is 4.39 Å². The van der Waals surface area contributed by atoms with E-state index in [4.69, 9.17) is 0 Å². The second kappa shape index (κ2) is 5.85. The van der Waals surface area contributed by atoms with Crippen LogP contribution in [-0.4, -0.2) is 15.9 Å². The van der Waals surface area contributed by atoms with Crippen LogP contribution < -0.4 is 4.90 Å². The van der Waals surface area contributed by atoms with Gasteiger partial charge in [0, 0.05) is 18.0 Å². The van der Waals surface area contributed by atoms with Gasteiger partial charge in [-0.1, -0.05) is 18.2 Å². The molecule has 1 aromatic carbocycles. The van der Waals surface area contributed by atoms with Crippen LogP contribution in [0.15, 0.2) is 60.9 Å². The minimum absolute atomic E-state index is 0.0133. The number of hydrogen-bond acceptors (Lipinski definition) is 3. The molecular formula is C19H14FN3O. The van der Waals surface area contributed by atoms with Crippen molar-refractivity contribution in [2.24, 2.45) is 0 Å². The summed E-state index contributed by atoms with van der Waals surface area (Å²) in [5.41, 5.74) is 4.11. The Hall–Kier alpha value is -3.08. The lowest BCUT2D eigenvalue weighted by Crippen LogP contribution is -2.26. The molecule has 3 heterocycles. The fourth-order valence-electron chi connectivity index (χ4n) is 2.85. The molecule has 0 radical (unpaired) electrons. The van der Waals surface area contributed by atoms with Crippen LogP contribution in [0.25, 0.3) is 11.1 Å². The number of pyridine rings is 2. The molecule has 1 aliphatic rings. The molecule has 0 unspecified atom stereocenters. The van der Waals surface area contributed by atoms with E-state index in [1.165, 1.54) is 12.1 Å². The molecule has 0 saturated heterocycles. The summed E-state index contributed by atoms with van der Waals surface area (Å²) in [5, 5.41) is 0. The Labute approximate surface area is 138 Å². The average molecular weight is 319 g/mol. The summed E-state index contributed by atoms with van der Waals surface area (Å²) in [7, 11) is 0. The third-order valence-electron chi connectivity index (χ3n) is 4.08. The van der Waals surface area contributed by atoms with Crippen molar-refractivity contribution in [1.29, 1.82) is 0 Å². The number of rotatable bonds is 3. The van der Waals surface area contributed by atoms with Gasteiger partial charge in [-0.2, -0.15) is 0 Å². The normalized spacial score (nSPS) is 13.2. The van der Waals surface area contributed by atoms with E-state index < -0.39 is 0 Å². The Morgan fingerprint density at radius 2 is 1.88 bits per heavy atom. The molecule has 24 heavy (non-hydrogen) atoms. The number of benzene rings is 1. The van der Waals surface area contributed by atoms with Crippen molar-refractivity contribution >= 4 is 11.6 Å². The molecule has 0 fully saturated rings. The standard InChI is InChI=1S/C19H14FN3O/c20-15-6-4-13(5-7-15)14-9-18-17(22-11-14)10-19(24)23(18)12-16-3-1-2-8-21-16/h1-9,11H,10,12H2. The van der Waals surface area contributed by atoms with Crippen molar-refractivity contribution in [3.63, 3.8) is 0 Å². The Morgan fingerprint density at radius 1 is 1.04 bits per heavy atom. The number of aromatic nitrogens is 2. The molecular weight excluding hydrogens is 305 g/mol. The van der Waals surface area contributed by atoms with E-state index >= 15 is 0 Å². The van der Waals surface area contributed by atoms with Gasteiger partial charge < -0.3 is 4.90 Å². The molecule has 4 rings (SSSR count). The second-order valence-corrected chi connectivity index (χ2v) is 5.67. The van der Waals surface area contributed by atoms with Gasteiger partial charge in [0.25, 0.3) is 0 Å². The number of hydrogen-bond donors (Lipinski definition) is 0. The van der Waals surface area contributed by atoms with Gasteiger partial charge in [-0.15, -0.1) is 0 Å². The molecule has 0 saturated carbocycles. The average Bonchev–Trinajstić information content (AvgIpc) is 2.91. The topological polar surface area (TPSA) is 46.1 Å². The van der Waals surface area contributed by atoms with Crippen LogP contribution in [-0.2, 0) is 17.8 Å². The smallest absolute Gasteiger partial charge is 0.233 e. The number of carbonyl (C=O) groups excluding carboxylic acids is 1. The van der Waals surface area contributed by atoms with Crippen molar-refractivity contribution in [3.05, 3.63) is 78.1 Å². The molecule has 4 nitrogen and oxygen atoms in total. The van der Waals surface area contributed by atoms with Crippen LogP contribution in [0, 0.1) is 5.82 Å². The number of carbonyl (C=O) groups is 1. The Balaban J connectivity index is 1.70. The molecule has 0 N–H and O–H groups in total. The monoisotopic (exact) mass is 319 g/mol. The van der Waals surface area contributed by atoms with E-state index in [1.54, 1.807) is 29.4 Å². The zero-order chi connectivity index (χ0) is 16.5. The molecule has 118 valence electrons. The van der Waals surface area contributed by atoms with Gasteiger partial charge in [0.1, 0.15) is 5.82 Å². The molecule has 1 aliphatic heterocycles. The van der Waals surface area contributed by atoms with Crippen molar-refractivity contribution in [1.82, 2.24) is 9.97 Å². The first-order valence-corrected chi connectivity index (χ1v) is 7.66. The van der Waals surface area contributed by atoms with Crippen LogP contribution in [0.4, 0.5) is 10.1 Å². The fraction of sp³-hybridized carbons (Fsp3) is 0.105. The largest absolute Gasteiger partial charge is 0.304 e. The fourth-order valence-corrected chi connectivity index (χ4v) is 2.85. The number of amides is 1. The van der Waals surface area contributed by atoms with Crippen LogP contribution in [0.1, 0.15) is 11.4 Å². The molecule has 2 aromatic heterocycles. The van der Waals surface area contributed by atoms with E-state index in [0.29, 0.717) is 13.0 Å². The van der Waals surface area contributed by atoms with Crippen LogP contribution in [0.5, 0.6) is 0 Å². The summed E-state index contributed by atoms with van der Waals surface area (Å²) in [6.07, 6.45) is 3.74. The highest BCUT2D eigenvalue weighted by atomic mass is 19.1. The highest BCUT2D eigenvalue weighted by Gasteiger charge is 2.29. The lowest BCUT2D eigenvalue weighted by atomic mass is 10.1. The van der Waals surface area contributed by atoms with E-state index in [2.05, 4.69) is 9.97 Å². The lowest BCUT2D eigenvalue weighted by molar-refractivity contribution is -0.117. The molecule has 5 heteroatoms. The first-order chi connectivity index (χ1) is 11.7. The molecule has 0 spiro atoms. The highest BCUT2D eigenvalue weighted by molar-refractivity contribution is 6.01. The van der Waals surface area contributed by atoms with E-state index in [1.807, 2.05) is 24.3 Å². The van der Waals surface area contributed by atoms with Gasteiger partial charge in [0.15, 0.2) is 0 Å². The van der Waals surface area contributed by atoms with Crippen molar-refractivity contribution in [3.8, 4) is 11.1 Å². The molecule has 0 bridgehead atoms. The van der Waals surface area contributed by atoms with Crippen molar-refractivity contribution in [2.75, 3.05) is 4.90 Å². The van der Waals surface area contributed by atoms with E-state index in [9.17, 15) is 9.18 Å². The first-order valence-electron chi connectivity index (χ1n) is 7.66. The Bertz CT molecular complexity index is 894. The maximum absolute atomic E-state index is 13.1. The zero-order valence-corrected chi connectivity index (χ0v) is 12.8. The maximum Gasteiger partial charge on any atom is 0.233 e. The summed E-state index contributed by atoms with van der Waals surface area (Å²) in [4.78, 5) is 22.8. The van der Waals surface area contributed by atoms with E-state index in [-0.39, 0.29) is 11.7 Å². The Kier molecular flexibility index (Phi) is 3.54. The van der Waals surface area contributed by atoms with Gasteiger partial charge >= 0.3 is 0 Å². The maximum atomic E-state index is 13.1.